The van der Waals surface area contributed by atoms with Gasteiger partial charge in [0, 0.05) is 25.4 Å². The highest BCUT2D eigenvalue weighted by atomic mass is 16.2. The molecule has 2 N–H and O–H groups in total. The Balaban J connectivity index is 1.74. The molecule has 7 nitrogen and oxygen atoms in total. The lowest BCUT2D eigenvalue weighted by Crippen LogP contribution is -2.28. The van der Waals surface area contributed by atoms with Crippen LogP contribution in [-0.4, -0.2) is 33.1 Å². The molecule has 2 heterocycles. The van der Waals surface area contributed by atoms with Gasteiger partial charge in [0.1, 0.15) is 0 Å². The van der Waals surface area contributed by atoms with Gasteiger partial charge in [0.2, 0.25) is 11.8 Å². The smallest absolute Gasteiger partial charge is 0.243 e. The molecule has 1 aromatic carbocycles. The summed E-state index contributed by atoms with van der Waals surface area (Å²) in [6, 6.07) is 11.6. The van der Waals surface area contributed by atoms with Crippen LogP contribution in [0.25, 0.3) is 10.9 Å². The molecule has 2 amide bonds. The van der Waals surface area contributed by atoms with E-state index in [1.807, 2.05) is 50.4 Å². The van der Waals surface area contributed by atoms with Crippen LogP contribution in [0.15, 0.2) is 55.3 Å². The van der Waals surface area contributed by atoms with Gasteiger partial charge in [-0.2, -0.15) is 5.10 Å². The highest BCUT2D eigenvalue weighted by molar-refractivity contribution is 5.87. The van der Waals surface area contributed by atoms with Gasteiger partial charge in [-0.3, -0.25) is 19.3 Å². The molecule has 0 radical (unpaired) electrons. The average Bonchev–Trinajstić information content (AvgIpc) is 3.09. The second kappa shape index (κ2) is 9.14. The van der Waals surface area contributed by atoms with E-state index in [1.54, 1.807) is 10.9 Å². The molecule has 2 aromatic heterocycles. The number of nitrogens with one attached hydrogen (secondary N) is 2. The minimum absolute atomic E-state index is 0.0839. The Morgan fingerprint density at radius 3 is 2.76 bits per heavy atom. The number of hydrogen-bond donors (Lipinski definition) is 2. The summed E-state index contributed by atoms with van der Waals surface area (Å²) in [4.78, 5) is 28.6. The van der Waals surface area contributed by atoms with Gasteiger partial charge in [0.05, 0.1) is 35.6 Å². The van der Waals surface area contributed by atoms with Crippen LogP contribution in [0.4, 0.5) is 0 Å². The van der Waals surface area contributed by atoms with Crippen LogP contribution in [0.5, 0.6) is 0 Å². The zero-order valence-electron chi connectivity index (χ0n) is 16.7. The number of carbonyl (C=O) groups excluding carboxylic acids is 2. The van der Waals surface area contributed by atoms with Crippen LogP contribution < -0.4 is 10.6 Å². The first-order valence-electron chi connectivity index (χ1n) is 9.53. The van der Waals surface area contributed by atoms with Gasteiger partial charge in [-0.05, 0) is 24.6 Å². The molecule has 0 saturated heterocycles. The molecule has 0 aliphatic carbocycles. The molecule has 0 bridgehead atoms. The second-order valence-electron chi connectivity index (χ2n) is 6.89. The van der Waals surface area contributed by atoms with E-state index in [9.17, 15) is 9.59 Å². The summed E-state index contributed by atoms with van der Waals surface area (Å²) < 4.78 is 1.76. The van der Waals surface area contributed by atoms with Crippen molar-refractivity contribution in [2.24, 2.45) is 7.05 Å². The summed E-state index contributed by atoms with van der Waals surface area (Å²) >= 11 is 0. The summed E-state index contributed by atoms with van der Waals surface area (Å²) in [6.07, 6.45) is 3.71. The van der Waals surface area contributed by atoms with E-state index < -0.39 is 0 Å². The Morgan fingerprint density at radius 1 is 1.28 bits per heavy atom. The molecular formula is C22H25N5O2. The highest BCUT2D eigenvalue weighted by Gasteiger charge is 2.15. The van der Waals surface area contributed by atoms with E-state index in [-0.39, 0.29) is 24.3 Å². The summed E-state index contributed by atoms with van der Waals surface area (Å²) in [5, 5.41) is 11.0. The fourth-order valence-electron chi connectivity index (χ4n) is 3.27. The molecule has 0 aliphatic rings. The molecule has 0 saturated carbocycles. The lowest BCUT2D eigenvalue weighted by atomic mass is 10.1. The summed E-state index contributed by atoms with van der Waals surface area (Å²) in [7, 11) is 1.85. The first-order chi connectivity index (χ1) is 14.0. The number of aryl methyl sites for hydroxylation is 1. The number of carbonyl (C=O) groups is 2. The van der Waals surface area contributed by atoms with Crippen molar-refractivity contribution < 1.29 is 9.59 Å². The number of benzene rings is 1. The van der Waals surface area contributed by atoms with Crippen molar-refractivity contribution in [1.82, 2.24) is 25.4 Å². The van der Waals surface area contributed by atoms with Crippen LogP contribution in [0.2, 0.25) is 0 Å². The molecule has 150 valence electrons. The molecule has 0 unspecified atom stereocenters. The van der Waals surface area contributed by atoms with Crippen molar-refractivity contribution in [3.8, 4) is 0 Å². The van der Waals surface area contributed by atoms with Crippen LogP contribution >= 0.6 is 0 Å². The third-order valence-corrected chi connectivity index (χ3v) is 4.71. The minimum Gasteiger partial charge on any atom is -0.352 e. The third-order valence-electron chi connectivity index (χ3n) is 4.71. The number of pyridine rings is 1. The second-order valence-corrected chi connectivity index (χ2v) is 6.89. The number of rotatable bonds is 8. The fraction of sp³-hybridized carbons (Fsp3) is 0.273. The van der Waals surface area contributed by atoms with Crippen molar-refractivity contribution in [3.63, 3.8) is 0 Å². The van der Waals surface area contributed by atoms with Crippen LogP contribution in [-0.2, 0) is 29.5 Å². The number of hydrogen-bond acceptors (Lipinski definition) is 4. The van der Waals surface area contributed by atoms with Gasteiger partial charge in [0.15, 0.2) is 0 Å². The van der Waals surface area contributed by atoms with Gasteiger partial charge in [-0.1, -0.05) is 36.9 Å². The Bertz CT molecular complexity index is 1030. The Hall–Kier alpha value is -3.48. The predicted octanol–water partition coefficient (Wildman–Crippen LogP) is 2.23. The van der Waals surface area contributed by atoms with Gasteiger partial charge in [0.25, 0.3) is 0 Å². The predicted molar refractivity (Wildman–Crippen MR) is 112 cm³/mol. The molecule has 3 rings (SSSR count). The fourth-order valence-corrected chi connectivity index (χ4v) is 3.27. The monoisotopic (exact) mass is 391 g/mol. The maximum absolute atomic E-state index is 12.6. The zero-order valence-corrected chi connectivity index (χ0v) is 16.7. The number of amides is 2. The third kappa shape index (κ3) is 5.07. The standard InChI is InChI=1S/C22H25N5O2/c1-4-20(28)23-11-10-19-22-17(14-24-27(22)3)12-18(26-19)13-21(29)25-15(2)16-8-6-5-7-9-16/h4-9,12,14-15H,1,10-11,13H2,2-3H3,(H,23,28)(H,25,29)/t15-/m1/s1. The van der Waals surface area contributed by atoms with Crippen LogP contribution in [0.1, 0.15) is 29.9 Å². The maximum atomic E-state index is 12.6. The molecule has 1 atom stereocenters. The lowest BCUT2D eigenvalue weighted by Gasteiger charge is -2.14. The normalized spacial score (nSPS) is 11.8. The van der Waals surface area contributed by atoms with E-state index >= 15 is 0 Å². The van der Waals surface area contributed by atoms with Gasteiger partial charge in [-0.15, -0.1) is 0 Å². The zero-order chi connectivity index (χ0) is 20.8. The molecule has 0 aliphatic heterocycles. The van der Waals surface area contributed by atoms with E-state index in [4.69, 9.17) is 0 Å². The van der Waals surface area contributed by atoms with Gasteiger partial charge < -0.3 is 10.6 Å². The van der Waals surface area contributed by atoms with Crippen molar-refractivity contribution in [2.75, 3.05) is 6.54 Å². The molecular weight excluding hydrogens is 366 g/mol. The minimum atomic E-state index is -0.225. The van der Waals surface area contributed by atoms with Crippen molar-refractivity contribution in [3.05, 3.63) is 72.2 Å². The van der Waals surface area contributed by atoms with Crippen LogP contribution in [0.3, 0.4) is 0 Å². The topological polar surface area (TPSA) is 88.9 Å². The SMILES string of the molecule is C=CC(=O)NCCc1nc(CC(=O)N[C@H](C)c2ccccc2)cc2cnn(C)c12. The van der Waals surface area contributed by atoms with E-state index in [0.29, 0.717) is 18.7 Å². The summed E-state index contributed by atoms with van der Waals surface area (Å²) in [5.74, 6) is -0.320. The Labute approximate surface area is 169 Å². The van der Waals surface area contributed by atoms with E-state index in [1.165, 1.54) is 6.08 Å². The molecule has 0 spiro atoms. The number of fused-ring (bicyclic) bond motifs is 1. The Kier molecular flexibility index (Phi) is 6.39. The Morgan fingerprint density at radius 2 is 2.03 bits per heavy atom. The summed E-state index contributed by atoms with van der Waals surface area (Å²) in [5.41, 5.74) is 3.42. The van der Waals surface area contributed by atoms with Crippen molar-refractivity contribution in [1.29, 1.82) is 0 Å². The average molecular weight is 391 g/mol. The van der Waals surface area contributed by atoms with Gasteiger partial charge >= 0.3 is 0 Å². The molecule has 3 aromatic rings. The molecule has 0 fully saturated rings. The first-order valence-corrected chi connectivity index (χ1v) is 9.53. The van der Waals surface area contributed by atoms with E-state index in [0.717, 1.165) is 22.2 Å². The van der Waals surface area contributed by atoms with Gasteiger partial charge in [-0.25, -0.2) is 0 Å². The van der Waals surface area contributed by atoms with Crippen molar-refractivity contribution in [2.45, 2.75) is 25.8 Å². The highest BCUT2D eigenvalue weighted by Crippen LogP contribution is 2.19. The number of nitrogens with zero attached hydrogens (tertiary/aromatic N) is 3. The first kappa shape index (κ1) is 20.3. The quantitative estimate of drug-likeness (QED) is 0.577. The van der Waals surface area contributed by atoms with Crippen molar-refractivity contribution >= 4 is 22.7 Å². The summed E-state index contributed by atoms with van der Waals surface area (Å²) in [6.45, 7) is 5.83. The molecule has 7 heteroatoms. The molecule has 29 heavy (non-hydrogen) atoms. The largest absolute Gasteiger partial charge is 0.352 e. The number of aromatic nitrogens is 3. The van der Waals surface area contributed by atoms with Crippen LogP contribution in [0, 0.1) is 0 Å². The lowest BCUT2D eigenvalue weighted by molar-refractivity contribution is -0.121. The van der Waals surface area contributed by atoms with E-state index in [2.05, 4.69) is 27.3 Å². The maximum Gasteiger partial charge on any atom is 0.243 e.